The van der Waals surface area contributed by atoms with Gasteiger partial charge in [0.25, 0.3) is 0 Å². The quantitative estimate of drug-likeness (QED) is 0.893. The van der Waals surface area contributed by atoms with Gasteiger partial charge in [0.15, 0.2) is 0 Å². The van der Waals surface area contributed by atoms with Gasteiger partial charge in [-0.2, -0.15) is 0 Å². The van der Waals surface area contributed by atoms with E-state index in [4.69, 9.17) is 15.0 Å². The number of nitrogens with zero attached hydrogens (tertiary/aromatic N) is 1. The molecule has 0 atom stereocenters. The van der Waals surface area contributed by atoms with E-state index in [-0.39, 0.29) is 0 Å². The molecule has 0 saturated carbocycles. The minimum absolute atomic E-state index is 0.379. The number of nitrogen functional groups attached to an aromatic ring is 1. The van der Waals surface area contributed by atoms with Crippen LogP contribution in [0.5, 0.6) is 5.75 Å². The van der Waals surface area contributed by atoms with Gasteiger partial charge < -0.3 is 15.0 Å². The first-order chi connectivity index (χ1) is 9.11. The average molecular weight is 260 g/mol. The Hall–Kier alpha value is -1.97. The summed E-state index contributed by atoms with van der Waals surface area (Å²) in [6.07, 6.45) is 1.94. The minimum atomic E-state index is 0.379. The highest BCUT2D eigenvalue weighted by Crippen LogP contribution is 2.31. The molecule has 1 heterocycles. The van der Waals surface area contributed by atoms with Crippen LogP contribution in [0.2, 0.25) is 0 Å². The van der Waals surface area contributed by atoms with Gasteiger partial charge in [-0.3, -0.25) is 0 Å². The number of anilines is 1. The lowest BCUT2D eigenvalue weighted by Gasteiger charge is -2.06. The van der Waals surface area contributed by atoms with Gasteiger partial charge in [0.1, 0.15) is 5.75 Å². The number of benzene rings is 1. The third-order valence-corrected chi connectivity index (χ3v) is 3.13. The highest BCUT2D eigenvalue weighted by Gasteiger charge is 2.15. The number of hydrogen-bond donors (Lipinski definition) is 1. The van der Waals surface area contributed by atoms with Gasteiger partial charge in [-0.1, -0.05) is 31.1 Å². The molecule has 1 aromatic carbocycles. The predicted molar refractivity (Wildman–Crippen MR) is 76.1 cm³/mol. The van der Waals surface area contributed by atoms with Gasteiger partial charge >= 0.3 is 0 Å². The first-order valence-corrected chi connectivity index (χ1v) is 6.50. The maximum atomic E-state index is 5.89. The van der Waals surface area contributed by atoms with Crippen molar-refractivity contribution in [3.63, 3.8) is 0 Å². The van der Waals surface area contributed by atoms with Crippen LogP contribution in [0.15, 0.2) is 28.8 Å². The minimum Gasteiger partial charge on any atom is -0.497 e. The van der Waals surface area contributed by atoms with Gasteiger partial charge in [-0.15, -0.1) is 0 Å². The smallest absolute Gasteiger partial charge is 0.230 e. The summed E-state index contributed by atoms with van der Waals surface area (Å²) in [7, 11) is 1.65. The lowest BCUT2D eigenvalue weighted by molar-refractivity contribution is 0.415. The molecule has 102 valence electrons. The number of ether oxygens (including phenoxy) is 1. The molecule has 2 aromatic rings. The summed E-state index contributed by atoms with van der Waals surface area (Å²) in [5, 5.41) is 4.08. The van der Waals surface area contributed by atoms with Crippen molar-refractivity contribution in [1.29, 1.82) is 0 Å². The summed E-state index contributed by atoms with van der Waals surface area (Å²) in [5.74, 6) is 1.83. The molecule has 19 heavy (non-hydrogen) atoms. The SMILES string of the molecule is COc1ccc(-c2c(CCC(C)C)noc2N)cc1. The molecule has 0 fully saturated rings. The first kappa shape index (κ1) is 13.5. The molecule has 0 bridgehead atoms. The summed E-state index contributed by atoms with van der Waals surface area (Å²) < 4.78 is 10.3. The van der Waals surface area contributed by atoms with E-state index in [1.54, 1.807) is 7.11 Å². The van der Waals surface area contributed by atoms with Gasteiger partial charge in [-0.05, 0) is 36.5 Å². The van der Waals surface area contributed by atoms with Crippen LogP contribution in [0.1, 0.15) is 26.0 Å². The van der Waals surface area contributed by atoms with E-state index in [9.17, 15) is 0 Å². The Kier molecular flexibility index (Phi) is 4.10. The molecule has 0 radical (unpaired) electrons. The second-order valence-corrected chi connectivity index (χ2v) is 5.03. The van der Waals surface area contributed by atoms with Crippen molar-refractivity contribution >= 4 is 5.88 Å². The summed E-state index contributed by atoms with van der Waals surface area (Å²) in [6.45, 7) is 4.38. The number of methoxy groups -OCH3 is 1. The molecule has 0 aliphatic heterocycles. The van der Waals surface area contributed by atoms with Gasteiger partial charge in [0.05, 0.1) is 18.4 Å². The van der Waals surface area contributed by atoms with Crippen LogP contribution < -0.4 is 10.5 Å². The molecule has 0 spiro atoms. The van der Waals surface area contributed by atoms with Crippen molar-refractivity contribution < 1.29 is 9.26 Å². The van der Waals surface area contributed by atoms with Crippen molar-refractivity contribution in [2.45, 2.75) is 26.7 Å². The standard InChI is InChI=1S/C15H20N2O2/c1-10(2)4-9-13-14(15(16)19-17-13)11-5-7-12(18-3)8-6-11/h5-8,10H,4,9,16H2,1-3H3. The third kappa shape index (κ3) is 3.08. The topological polar surface area (TPSA) is 61.3 Å². The zero-order chi connectivity index (χ0) is 13.8. The van der Waals surface area contributed by atoms with Crippen molar-refractivity contribution in [1.82, 2.24) is 5.16 Å². The van der Waals surface area contributed by atoms with Gasteiger partial charge in [0, 0.05) is 0 Å². The number of rotatable bonds is 5. The third-order valence-electron chi connectivity index (χ3n) is 3.13. The van der Waals surface area contributed by atoms with E-state index in [0.717, 1.165) is 35.4 Å². The molecule has 4 nitrogen and oxygen atoms in total. The van der Waals surface area contributed by atoms with Crippen LogP contribution in [0.3, 0.4) is 0 Å². The Morgan fingerprint density at radius 1 is 1.26 bits per heavy atom. The van der Waals surface area contributed by atoms with Crippen LogP contribution in [-0.2, 0) is 6.42 Å². The van der Waals surface area contributed by atoms with E-state index >= 15 is 0 Å². The lowest BCUT2D eigenvalue weighted by Crippen LogP contribution is -1.95. The summed E-state index contributed by atoms with van der Waals surface area (Å²) in [4.78, 5) is 0. The molecule has 0 amide bonds. The highest BCUT2D eigenvalue weighted by molar-refractivity contribution is 5.75. The Morgan fingerprint density at radius 3 is 2.53 bits per heavy atom. The van der Waals surface area contributed by atoms with Crippen LogP contribution in [0.4, 0.5) is 5.88 Å². The summed E-state index contributed by atoms with van der Waals surface area (Å²) in [5.41, 5.74) is 8.74. The fraction of sp³-hybridized carbons (Fsp3) is 0.400. The number of hydrogen-bond acceptors (Lipinski definition) is 4. The molecule has 0 aliphatic rings. The zero-order valence-corrected chi connectivity index (χ0v) is 11.6. The monoisotopic (exact) mass is 260 g/mol. The van der Waals surface area contributed by atoms with Crippen LogP contribution in [-0.4, -0.2) is 12.3 Å². The highest BCUT2D eigenvalue weighted by atomic mass is 16.5. The molecule has 0 saturated heterocycles. The second-order valence-electron chi connectivity index (χ2n) is 5.03. The zero-order valence-electron chi connectivity index (χ0n) is 11.6. The number of aromatic nitrogens is 1. The Bertz CT molecular complexity index is 530. The Morgan fingerprint density at radius 2 is 1.95 bits per heavy atom. The van der Waals surface area contributed by atoms with Crippen LogP contribution in [0.25, 0.3) is 11.1 Å². The van der Waals surface area contributed by atoms with E-state index < -0.39 is 0 Å². The predicted octanol–water partition coefficient (Wildman–Crippen LogP) is 3.52. The van der Waals surface area contributed by atoms with Crippen molar-refractivity contribution in [3.05, 3.63) is 30.0 Å². The lowest BCUT2D eigenvalue weighted by atomic mass is 10.00. The van der Waals surface area contributed by atoms with E-state index in [2.05, 4.69) is 19.0 Å². The largest absolute Gasteiger partial charge is 0.497 e. The Labute approximate surface area is 113 Å². The van der Waals surface area contributed by atoms with Crippen molar-refractivity contribution in [2.75, 3.05) is 12.8 Å². The van der Waals surface area contributed by atoms with Gasteiger partial charge in [0.2, 0.25) is 5.88 Å². The molecule has 0 aliphatic carbocycles. The van der Waals surface area contributed by atoms with Crippen molar-refractivity contribution in [3.8, 4) is 16.9 Å². The molecular weight excluding hydrogens is 240 g/mol. The number of aryl methyl sites for hydroxylation is 1. The molecule has 2 rings (SSSR count). The molecule has 4 heteroatoms. The maximum absolute atomic E-state index is 5.89. The molecular formula is C15H20N2O2. The van der Waals surface area contributed by atoms with Crippen LogP contribution >= 0.6 is 0 Å². The van der Waals surface area contributed by atoms with Crippen molar-refractivity contribution in [2.24, 2.45) is 5.92 Å². The maximum Gasteiger partial charge on any atom is 0.230 e. The number of nitrogens with two attached hydrogens (primary N) is 1. The average Bonchev–Trinajstić information content (AvgIpc) is 2.78. The van der Waals surface area contributed by atoms with E-state index in [0.29, 0.717) is 11.8 Å². The molecule has 1 aromatic heterocycles. The van der Waals surface area contributed by atoms with E-state index in [1.807, 2.05) is 24.3 Å². The summed E-state index contributed by atoms with van der Waals surface area (Å²) >= 11 is 0. The Balaban J connectivity index is 2.29. The fourth-order valence-corrected chi connectivity index (χ4v) is 2.00. The van der Waals surface area contributed by atoms with E-state index in [1.165, 1.54) is 0 Å². The summed E-state index contributed by atoms with van der Waals surface area (Å²) in [6, 6.07) is 7.77. The second kappa shape index (κ2) is 5.78. The van der Waals surface area contributed by atoms with Gasteiger partial charge in [-0.25, -0.2) is 0 Å². The molecule has 2 N–H and O–H groups in total. The fourth-order valence-electron chi connectivity index (χ4n) is 2.00. The molecule has 0 unspecified atom stereocenters. The first-order valence-electron chi connectivity index (χ1n) is 6.50. The van der Waals surface area contributed by atoms with Crippen LogP contribution in [0, 0.1) is 5.92 Å². The normalized spacial score (nSPS) is 10.9.